The molecule has 0 radical (unpaired) electrons. The molecule has 0 saturated carbocycles. The number of benzene rings is 2. The number of sulfonamides is 1. The molecule has 0 aromatic heterocycles. The number of carbonyl (C=O) groups is 3. The summed E-state index contributed by atoms with van der Waals surface area (Å²) in [6.45, 7) is 11.7. The van der Waals surface area contributed by atoms with Gasteiger partial charge in [0, 0.05) is 6.42 Å². The zero-order valence-corrected chi connectivity index (χ0v) is 23.5. The maximum atomic E-state index is 13.9. The van der Waals surface area contributed by atoms with Crippen LogP contribution in [-0.4, -0.2) is 53.1 Å². The van der Waals surface area contributed by atoms with E-state index in [-0.39, 0.29) is 11.3 Å². The van der Waals surface area contributed by atoms with Crippen LogP contribution in [0.2, 0.25) is 0 Å². The van der Waals surface area contributed by atoms with E-state index < -0.39 is 51.4 Å². The predicted octanol–water partition coefficient (Wildman–Crippen LogP) is 4.70. The standard InChI is InChI=1S/C27H35N3O7S/c1-18-13-15-20(16-14-18)38(34,35)30-21(19-11-9-8-10-12-19)17-22(23(30)31)29(25(33)37-27(5,6)7)28-24(32)36-26(2,3)4/h8-16,21-22H,17H2,1-7H3,(H,28,32)/t21-,22-/m1/s1. The van der Waals surface area contributed by atoms with Crippen LogP contribution in [0, 0.1) is 6.92 Å². The summed E-state index contributed by atoms with van der Waals surface area (Å²) in [5, 5.41) is 0.724. The fourth-order valence-electron chi connectivity index (χ4n) is 3.94. The fraction of sp³-hybridized carbons (Fsp3) is 0.444. The highest BCUT2D eigenvalue weighted by Crippen LogP contribution is 2.39. The summed E-state index contributed by atoms with van der Waals surface area (Å²) in [5.74, 6) is -0.888. The molecule has 0 aliphatic carbocycles. The molecule has 3 rings (SSSR count). The fourth-order valence-corrected chi connectivity index (χ4v) is 5.55. The predicted molar refractivity (Wildman–Crippen MR) is 140 cm³/mol. The van der Waals surface area contributed by atoms with Crippen LogP contribution < -0.4 is 5.43 Å². The molecule has 38 heavy (non-hydrogen) atoms. The first-order valence-corrected chi connectivity index (χ1v) is 13.7. The van der Waals surface area contributed by atoms with E-state index in [0.717, 1.165) is 14.9 Å². The highest BCUT2D eigenvalue weighted by Gasteiger charge is 2.51. The van der Waals surface area contributed by atoms with Gasteiger partial charge >= 0.3 is 12.2 Å². The number of nitrogens with zero attached hydrogens (tertiary/aromatic N) is 2. The second kappa shape index (κ2) is 10.6. The Kier molecular flexibility index (Phi) is 8.11. The average molecular weight is 546 g/mol. The number of hydrogen-bond acceptors (Lipinski definition) is 7. The maximum absolute atomic E-state index is 13.9. The van der Waals surface area contributed by atoms with Gasteiger partial charge in [0.15, 0.2) is 0 Å². The summed E-state index contributed by atoms with van der Waals surface area (Å²) in [6, 6.07) is 12.5. The normalized spacial score (nSPS) is 18.2. The van der Waals surface area contributed by atoms with Crippen molar-refractivity contribution in [3.63, 3.8) is 0 Å². The Morgan fingerprint density at radius 3 is 2.00 bits per heavy atom. The minimum Gasteiger partial charge on any atom is -0.443 e. The molecule has 3 amide bonds. The molecule has 2 atom stereocenters. The number of carbonyl (C=O) groups excluding carboxylic acids is 3. The van der Waals surface area contributed by atoms with Crippen molar-refractivity contribution in [2.75, 3.05) is 0 Å². The topological polar surface area (TPSA) is 122 Å². The van der Waals surface area contributed by atoms with Gasteiger partial charge in [-0.15, -0.1) is 0 Å². The van der Waals surface area contributed by atoms with Gasteiger partial charge in [0.05, 0.1) is 10.9 Å². The van der Waals surface area contributed by atoms with Gasteiger partial charge in [0.25, 0.3) is 15.9 Å². The van der Waals surface area contributed by atoms with Gasteiger partial charge in [-0.1, -0.05) is 48.0 Å². The number of nitrogens with one attached hydrogen (secondary N) is 1. The summed E-state index contributed by atoms with van der Waals surface area (Å²) in [5.41, 5.74) is 1.87. The number of hydrazine groups is 1. The molecule has 10 nitrogen and oxygen atoms in total. The van der Waals surface area contributed by atoms with E-state index in [0.29, 0.717) is 5.56 Å². The lowest BCUT2D eigenvalue weighted by Gasteiger charge is -2.31. The Labute approximate surface area is 223 Å². The lowest BCUT2D eigenvalue weighted by molar-refractivity contribution is -0.129. The lowest BCUT2D eigenvalue weighted by atomic mass is 10.0. The van der Waals surface area contributed by atoms with Crippen LogP contribution in [0.4, 0.5) is 9.59 Å². The van der Waals surface area contributed by atoms with E-state index in [9.17, 15) is 22.8 Å². The van der Waals surface area contributed by atoms with Crippen molar-refractivity contribution in [2.24, 2.45) is 0 Å². The number of hydrogen-bond donors (Lipinski definition) is 1. The zero-order valence-electron chi connectivity index (χ0n) is 22.7. The first-order chi connectivity index (χ1) is 17.5. The largest absolute Gasteiger partial charge is 0.443 e. The zero-order chi connectivity index (χ0) is 28.5. The van der Waals surface area contributed by atoms with Gasteiger partial charge in [-0.25, -0.2) is 32.7 Å². The molecule has 0 bridgehead atoms. The molecule has 1 N–H and O–H groups in total. The summed E-state index contributed by atoms with van der Waals surface area (Å²) in [4.78, 5) is 39.7. The smallest absolute Gasteiger partial charge is 0.430 e. The molecule has 0 unspecified atom stereocenters. The van der Waals surface area contributed by atoms with E-state index in [1.807, 2.05) is 6.92 Å². The van der Waals surface area contributed by atoms with Gasteiger partial charge in [0.2, 0.25) is 0 Å². The Balaban J connectivity index is 2.08. The van der Waals surface area contributed by atoms with Crippen LogP contribution in [0.25, 0.3) is 0 Å². The van der Waals surface area contributed by atoms with E-state index >= 15 is 0 Å². The lowest BCUT2D eigenvalue weighted by Crippen LogP contribution is -2.56. The van der Waals surface area contributed by atoms with Gasteiger partial charge < -0.3 is 9.47 Å². The molecule has 1 fully saturated rings. The average Bonchev–Trinajstić information content (AvgIpc) is 3.13. The first kappa shape index (κ1) is 29.0. The summed E-state index contributed by atoms with van der Waals surface area (Å²) >= 11 is 0. The molecule has 2 aromatic carbocycles. The third-order valence-electron chi connectivity index (χ3n) is 5.51. The van der Waals surface area contributed by atoms with Crippen molar-refractivity contribution in [1.82, 2.24) is 14.7 Å². The number of rotatable bonds is 4. The van der Waals surface area contributed by atoms with E-state index in [2.05, 4.69) is 5.43 Å². The molecule has 2 aromatic rings. The first-order valence-electron chi connectivity index (χ1n) is 12.2. The Morgan fingerprint density at radius 1 is 0.921 bits per heavy atom. The minimum atomic E-state index is -4.33. The molecule has 0 spiro atoms. The number of aryl methyl sites for hydroxylation is 1. The van der Waals surface area contributed by atoms with Crippen molar-refractivity contribution in [2.45, 2.75) is 83.1 Å². The quantitative estimate of drug-likeness (QED) is 0.553. The van der Waals surface area contributed by atoms with Crippen LogP contribution >= 0.6 is 0 Å². The van der Waals surface area contributed by atoms with Gasteiger partial charge in [0.1, 0.15) is 17.2 Å². The van der Waals surface area contributed by atoms with Crippen molar-refractivity contribution in [3.8, 4) is 0 Å². The van der Waals surface area contributed by atoms with E-state index in [1.165, 1.54) is 12.1 Å². The van der Waals surface area contributed by atoms with E-state index in [4.69, 9.17) is 9.47 Å². The van der Waals surface area contributed by atoms with Crippen molar-refractivity contribution in [1.29, 1.82) is 0 Å². The van der Waals surface area contributed by atoms with Gasteiger partial charge in [-0.05, 0) is 66.2 Å². The molecule has 1 aliphatic rings. The van der Waals surface area contributed by atoms with Gasteiger partial charge in [-0.3, -0.25) is 4.79 Å². The SMILES string of the molecule is Cc1ccc(S(=O)(=O)N2C(=O)[C@H](N(NC(=O)OC(C)(C)C)C(=O)OC(C)(C)C)C[C@@H]2c2ccccc2)cc1. The van der Waals surface area contributed by atoms with Crippen LogP contribution in [0.1, 0.15) is 65.1 Å². The van der Waals surface area contributed by atoms with Crippen molar-refractivity contribution < 1.29 is 32.3 Å². The molecule has 11 heteroatoms. The van der Waals surface area contributed by atoms with Crippen LogP contribution in [-0.2, 0) is 24.3 Å². The Bertz CT molecular complexity index is 1280. The molecule has 1 saturated heterocycles. The van der Waals surface area contributed by atoms with E-state index in [1.54, 1.807) is 84.0 Å². The second-order valence-electron chi connectivity index (χ2n) is 11.1. The minimum absolute atomic E-state index is 0.0676. The summed E-state index contributed by atoms with van der Waals surface area (Å²) in [7, 11) is -4.33. The molecular formula is C27H35N3O7S. The third-order valence-corrected chi connectivity index (χ3v) is 7.33. The van der Waals surface area contributed by atoms with Gasteiger partial charge in [-0.2, -0.15) is 0 Å². The maximum Gasteiger partial charge on any atom is 0.430 e. The molecular weight excluding hydrogens is 510 g/mol. The number of ether oxygens (including phenoxy) is 2. The molecule has 1 aliphatic heterocycles. The van der Waals surface area contributed by atoms with Crippen LogP contribution in [0.3, 0.4) is 0 Å². The molecule has 206 valence electrons. The highest BCUT2D eigenvalue weighted by molar-refractivity contribution is 7.89. The Hall–Kier alpha value is -3.60. The molecule has 1 heterocycles. The summed E-state index contributed by atoms with van der Waals surface area (Å²) in [6.07, 6.45) is -2.14. The van der Waals surface area contributed by atoms with Crippen molar-refractivity contribution >= 4 is 28.1 Å². The highest BCUT2D eigenvalue weighted by atomic mass is 32.2. The van der Waals surface area contributed by atoms with Crippen molar-refractivity contribution in [3.05, 3.63) is 65.7 Å². The van der Waals surface area contributed by atoms with Crippen LogP contribution in [0.15, 0.2) is 59.5 Å². The Morgan fingerprint density at radius 2 is 1.47 bits per heavy atom. The monoisotopic (exact) mass is 545 g/mol. The van der Waals surface area contributed by atoms with Crippen LogP contribution in [0.5, 0.6) is 0 Å². The third kappa shape index (κ3) is 6.83. The number of amides is 3. The second-order valence-corrected chi connectivity index (χ2v) is 12.9. The summed E-state index contributed by atoms with van der Waals surface area (Å²) < 4.78 is 39.1.